The summed E-state index contributed by atoms with van der Waals surface area (Å²) in [6.07, 6.45) is 2.27. The lowest BCUT2D eigenvalue weighted by Gasteiger charge is -2.13. The maximum atomic E-state index is 12.1. The third-order valence-corrected chi connectivity index (χ3v) is 3.52. The highest BCUT2D eigenvalue weighted by molar-refractivity contribution is 7.07. The minimum atomic E-state index is -0.175. The molecule has 0 saturated heterocycles. The first-order chi connectivity index (χ1) is 8.74. The lowest BCUT2D eigenvalue weighted by molar-refractivity contribution is 0.0772. The Labute approximate surface area is 108 Å². The van der Waals surface area contributed by atoms with Crippen molar-refractivity contribution in [2.24, 2.45) is 0 Å². The molecule has 2 aromatic heterocycles. The molecule has 0 atom stereocenters. The van der Waals surface area contributed by atoms with Crippen LogP contribution in [0.1, 0.15) is 40.9 Å². The maximum absolute atomic E-state index is 12.1. The topological polar surface area (TPSA) is 74.8 Å². The molecule has 0 aliphatic heterocycles. The molecule has 1 aliphatic carbocycles. The number of carbonyl (C=O) groups is 1. The van der Waals surface area contributed by atoms with Gasteiger partial charge in [-0.3, -0.25) is 9.89 Å². The summed E-state index contributed by atoms with van der Waals surface area (Å²) in [5.41, 5.74) is 2.64. The van der Waals surface area contributed by atoms with Gasteiger partial charge < -0.3 is 4.90 Å². The number of aromatic amines is 1. The van der Waals surface area contributed by atoms with Gasteiger partial charge in [0.1, 0.15) is 5.82 Å². The van der Waals surface area contributed by atoms with E-state index >= 15 is 0 Å². The van der Waals surface area contributed by atoms with Gasteiger partial charge in [-0.15, -0.1) is 16.4 Å². The van der Waals surface area contributed by atoms with Crippen LogP contribution in [-0.2, 0) is 6.54 Å². The van der Waals surface area contributed by atoms with Crippen LogP contribution in [-0.4, -0.2) is 38.0 Å². The van der Waals surface area contributed by atoms with Crippen molar-refractivity contribution in [3.8, 4) is 0 Å². The highest BCUT2D eigenvalue weighted by Gasteiger charge is 2.28. The molecule has 7 heteroatoms. The number of nitrogens with zero attached hydrogens (tertiary/aromatic N) is 4. The van der Waals surface area contributed by atoms with Gasteiger partial charge in [0.05, 0.1) is 17.7 Å². The first kappa shape index (κ1) is 11.3. The van der Waals surface area contributed by atoms with Crippen LogP contribution >= 0.6 is 11.3 Å². The van der Waals surface area contributed by atoms with Gasteiger partial charge in [0.25, 0.3) is 5.91 Å². The van der Waals surface area contributed by atoms with E-state index in [1.165, 1.54) is 11.3 Å². The average molecular weight is 263 g/mol. The number of amides is 1. The molecule has 2 heterocycles. The normalized spacial score (nSPS) is 14.7. The van der Waals surface area contributed by atoms with Crippen molar-refractivity contribution >= 4 is 17.2 Å². The van der Waals surface area contributed by atoms with Gasteiger partial charge in [-0.1, -0.05) is 0 Å². The van der Waals surface area contributed by atoms with Crippen molar-refractivity contribution in [2.45, 2.75) is 25.3 Å². The van der Waals surface area contributed by atoms with Gasteiger partial charge in [-0.05, 0) is 12.8 Å². The van der Waals surface area contributed by atoms with Crippen molar-refractivity contribution < 1.29 is 4.79 Å². The molecule has 94 valence electrons. The summed E-state index contributed by atoms with van der Waals surface area (Å²) < 4.78 is 0. The Morgan fingerprint density at radius 3 is 3.11 bits per heavy atom. The van der Waals surface area contributed by atoms with Crippen molar-refractivity contribution in [1.29, 1.82) is 0 Å². The second-order valence-electron chi connectivity index (χ2n) is 4.46. The number of thiazole rings is 1. The number of aromatic nitrogens is 4. The number of nitrogens with one attached hydrogen (secondary N) is 1. The van der Waals surface area contributed by atoms with E-state index in [1.807, 2.05) is 5.38 Å². The molecule has 1 aliphatic rings. The van der Waals surface area contributed by atoms with Gasteiger partial charge in [0.2, 0.25) is 5.82 Å². The fourth-order valence-electron chi connectivity index (χ4n) is 1.71. The fourth-order valence-corrected chi connectivity index (χ4v) is 2.26. The van der Waals surface area contributed by atoms with Gasteiger partial charge >= 0.3 is 0 Å². The Bertz CT molecular complexity index is 546. The van der Waals surface area contributed by atoms with Crippen molar-refractivity contribution in [1.82, 2.24) is 25.1 Å². The molecule has 1 N–H and O–H groups in total. The standard InChI is InChI=1S/C11H13N5OS/c1-16(4-8-5-18-6-12-8)11(17)10-13-9(14-15-10)7-2-3-7/h5-7H,2-4H2,1H3,(H,13,14,15). The zero-order valence-corrected chi connectivity index (χ0v) is 10.8. The van der Waals surface area contributed by atoms with Crippen molar-refractivity contribution in [2.75, 3.05) is 7.05 Å². The van der Waals surface area contributed by atoms with Gasteiger partial charge in [-0.25, -0.2) is 9.97 Å². The molecule has 0 unspecified atom stereocenters. The van der Waals surface area contributed by atoms with Crippen LogP contribution in [0.25, 0.3) is 0 Å². The van der Waals surface area contributed by atoms with Crippen LogP contribution < -0.4 is 0 Å². The van der Waals surface area contributed by atoms with Crippen LogP contribution in [0.15, 0.2) is 10.9 Å². The van der Waals surface area contributed by atoms with E-state index in [0.29, 0.717) is 12.5 Å². The monoisotopic (exact) mass is 263 g/mol. The molecule has 2 aromatic rings. The van der Waals surface area contributed by atoms with Crippen LogP contribution in [0.2, 0.25) is 0 Å². The Morgan fingerprint density at radius 1 is 1.61 bits per heavy atom. The van der Waals surface area contributed by atoms with Gasteiger partial charge in [0, 0.05) is 18.3 Å². The van der Waals surface area contributed by atoms with E-state index in [1.54, 1.807) is 17.5 Å². The minimum Gasteiger partial charge on any atom is -0.333 e. The molecule has 0 bridgehead atoms. The highest BCUT2D eigenvalue weighted by Crippen LogP contribution is 2.37. The van der Waals surface area contributed by atoms with Crippen LogP contribution in [0.3, 0.4) is 0 Å². The molecular weight excluding hydrogens is 250 g/mol. The number of hydrogen-bond donors (Lipinski definition) is 1. The zero-order chi connectivity index (χ0) is 12.5. The third-order valence-electron chi connectivity index (χ3n) is 2.89. The molecular formula is C11H13N5OS. The smallest absolute Gasteiger partial charge is 0.293 e. The van der Waals surface area contributed by atoms with Gasteiger partial charge in [0.15, 0.2) is 0 Å². The Hall–Kier alpha value is -1.76. The molecule has 3 rings (SSSR count). The second-order valence-corrected chi connectivity index (χ2v) is 5.18. The van der Waals surface area contributed by atoms with E-state index in [2.05, 4.69) is 20.2 Å². The molecule has 0 aromatic carbocycles. The van der Waals surface area contributed by atoms with Crippen molar-refractivity contribution in [3.05, 3.63) is 28.2 Å². The summed E-state index contributed by atoms with van der Waals surface area (Å²) in [6.45, 7) is 0.482. The van der Waals surface area contributed by atoms with Crippen molar-refractivity contribution in [3.63, 3.8) is 0 Å². The lowest BCUT2D eigenvalue weighted by atomic mass is 10.4. The Morgan fingerprint density at radius 2 is 2.44 bits per heavy atom. The predicted octanol–water partition coefficient (Wildman–Crippen LogP) is 1.41. The second kappa shape index (κ2) is 4.49. The highest BCUT2D eigenvalue weighted by atomic mass is 32.1. The molecule has 1 fully saturated rings. The number of carbonyl (C=O) groups excluding carboxylic acids is 1. The Balaban J connectivity index is 1.68. The molecule has 1 amide bonds. The van der Waals surface area contributed by atoms with E-state index in [-0.39, 0.29) is 11.7 Å². The summed E-state index contributed by atoms with van der Waals surface area (Å²) in [5.74, 6) is 1.38. The predicted molar refractivity (Wildman–Crippen MR) is 66.3 cm³/mol. The van der Waals surface area contributed by atoms with E-state index in [9.17, 15) is 4.79 Å². The summed E-state index contributed by atoms with van der Waals surface area (Å²) in [5, 5.41) is 8.75. The van der Waals surface area contributed by atoms with E-state index < -0.39 is 0 Å². The summed E-state index contributed by atoms with van der Waals surface area (Å²) >= 11 is 1.52. The lowest BCUT2D eigenvalue weighted by Crippen LogP contribution is -2.27. The summed E-state index contributed by atoms with van der Waals surface area (Å²) in [7, 11) is 1.73. The first-order valence-electron chi connectivity index (χ1n) is 5.79. The van der Waals surface area contributed by atoms with Crippen LogP contribution in [0.5, 0.6) is 0 Å². The third kappa shape index (κ3) is 2.26. The largest absolute Gasteiger partial charge is 0.333 e. The average Bonchev–Trinajstić information content (AvgIpc) is 2.91. The first-order valence-corrected chi connectivity index (χ1v) is 6.73. The Kier molecular flexibility index (Phi) is 2.83. The zero-order valence-electron chi connectivity index (χ0n) is 9.96. The quantitative estimate of drug-likeness (QED) is 0.905. The molecule has 1 saturated carbocycles. The number of hydrogen-bond acceptors (Lipinski definition) is 5. The van der Waals surface area contributed by atoms with Crippen LogP contribution in [0, 0.1) is 0 Å². The molecule has 18 heavy (non-hydrogen) atoms. The van der Waals surface area contributed by atoms with E-state index in [4.69, 9.17) is 0 Å². The molecule has 0 spiro atoms. The summed E-state index contributed by atoms with van der Waals surface area (Å²) in [4.78, 5) is 22.1. The molecule has 6 nitrogen and oxygen atoms in total. The van der Waals surface area contributed by atoms with Gasteiger partial charge in [-0.2, -0.15) is 0 Å². The fraction of sp³-hybridized carbons (Fsp3) is 0.455. The SMILES string of the molecule is CN(Cc1cscn1)C(=O)c1n[nH]c(C2CC2)n1. The number of rotatable bonds is 4. The van der Waals surface area contributed by atoms with Crippen LogP contribution in [0.4, 0.5) is 0 Å². The summed E-state index contributed by atoms with van der Waals surface area (Å²) in [6, 6.07) is 0. The van der Waals surface area contributed by atoms with E-state index in [0.717, 1.165) is 24.4 Å². The molecule has 0 radical (unpaired) electrons. The maximum Gasteiger partial charge on any atom is 0.293 e. The number of H-pyrrole nitrogens is 1. The minimum absolute atomic E-state index is 0.175.